The standard InChI is InChI=1S/C31H37N3O4S2/c1-3-5-7-9-11-21-22(12-10-8-6-4-2)34-26-25(33-21)20(30-28-23(18-39-30)35-13-15-37-28)17-32-27(26)31-29-24(19-40-31)36-14-16-38-29/h17-19H,3-16H2,1-2H3. The van der Waals surface area contributed by atoms with Crippen molar-refractivity contribution in [1.29, 1.82) is 0 Å². The van der Waals surface area contributed by atoms with Gasteiger partial charge in [0, 0.05) is 22.5 Å². The molecular formula is C31H37N3O4S2. The van der Waals surface area contributed by atoms with Gasteiger partial charge in [0.15, 0.2) is 23.0 Å². The summed E-state index contributed by atoms with van der Waals surface area (Å²) in [5.41, 5.74) is 5.66. The molecule has 6 heterocycles. The molecule has 0 saturated carbocycles. The summed E-state index contributed by atoms with van der Waals surface area (Å²) in [6.45, 7) is 6.69. The number of hydrogen-bond acceptors (Lipinski definition) is 9. The van der Waals surface area contributed by atoms with Gasteiger partial charge in [0.2, 0.25) is 0 Å². The predicted molar refractivity (Wildman–Crippen MR) is 162 cm³/mol. The monoisotopic (exact) mass is 579 g/mol. The van der Waals surface area contributed by atoms with Gasteiger partial charge < -0.3 is 18.9 Å². The van der Waals surface area contributed by atoms with Gasteiger partial charge in [-0.1, -0.05) is 52.4 Å². The first kappa shape index (κ1) is 27.3. The minimum absolute atomic E-state index is 0.529. The van der Waals surface area contributed by atoms with E-state index in [1.165, 1.54) is 38.5 Å². The molecule has 0 N–H and O–H groups in total. The molecule has 0 amide bonds. The summed E-state index contributed by atoms with van der Waals surface area (Å²) < 4.78 is 23.9. The van der Waals surface area contributed by atoms with Gasteiger partial charge in [-0.25, -0.2) is 9.97 Å². The van der Waals surface area contributed by atoms with Crippen LogP contribution < -0.4 is 18.9 Å². The second kappa shape index (κ2) is 12.7. The summed E-state index contributed by atoms with van der Waals surface area (Å²) >= 11 is 3.20. The highest BCUT2D eigenvalue weighted by Crippen LogP contribution is 2.50. The number of rotatable bonds is 12. The van der Waals surface area contributed by atoms with Crippen LogP contribution in [0.3, 0.4) is 0 Å². The summed E-state index contributed by atoms with van der Waals surface area (Å²) in [4.78, 5) is 17.7. The van der Waals surface area contributed by atoms with Crippen molar-refractivity contribution in [3.8, 4) is 44.0 Å². The van der Waals surface area contributed by atoms with E-state index in [2.05, 4.69) is 13.8 Å². The molecule has 4 aromatic heterocycles. The Labute approximate surface area is 243 Å². The highest BCUT2D eigenvalue weighted by atomic mass is 32.1. The van der Waals surface area contributed by atoms with E-state index in [1.807, 2.05) is 17.0 Å². The average Bonchev–Trinajstić information content (AvgIpc) is 3.62. The predicted octanol–water partition coefficient (Wildman–Crippen LogP) is 8.27. The van der Waals surface area contributed by atoms with Crippen molar-refractivity contribution < 1.29 is 18.9 Å². The first-order valence-corrected chi connectivity index (χ1v) is 16.5. The molecule has 9 heteroatoms. The van der Waals surface area contributed by atoms with Gasteiger partial charge in [-0.2, -0.15) is 0 Å². The number of ether oxygens (including phenoxy) is 4. The van der Waals surface area contributed by atoms with Crippen LogP contribution in [0.25, 0.3) is 32.0 Å². The van der Waals surface area contributed by atoms with Crippen molar-refractivity contribution in [2.45, 2.75) is 78.1 Å². The minimum Gasteiger partial charge on any atom is -0.485 e. The summed E-state index contributed by atoms with van der Waals surface area (Å²) in [5.74, 6) is 3.12. The third-order valence-corrected chi connectivity index (χ3v) is 9.37. The molecule has 2 aliphatic rings. The van der Waals surface area contributed by atoms with Crippen LogP contribution in [0.4, 0.5) is 0 Å². The lowest BCUT2D eigenvalue weighted by Crippen LogP contribution is -2.14. The second-order valence-corrected chi connectivity index (χ2v) is 12.1. The van der Waals surface area contributed by atoms with Gasteiger partial charge in [0.25, 0.3) is 0 Å². The van der Waals surface area contributed by atoms with Gasteiger partial charge in [-0.3, -0.25) is 4.98 Å². The quantitative estimate of drug-likeness (QED) is 0.156. The average molecular weight is 580 g/mol. The number of pyridine rings is 1. The molecule has 0 spiro atoms. The van der Waals surface area contributed by atoms with Crippen molar-refractivity contribution in [1.82, 2.24) is 15.0 Å². The minimum atomic E-state index is 0.529. The Hall–Kier alpha value is -2.91. The van der Waals surface area contributed by atoms with E-state index in [-0.39, 0.29) is 0 Å². The Morgan fingerprint density at radius 1 is 0.650 bits per heavy atom. The summed E-state index contributed by atoms with van der Waals surface area (Å²) in [7, 11) is 0. The van der Waals surface area contributed by atoms with Crippen LogP contribution in [0.2, 0.25) is 0 Å². The second-order valence-electron chi connectivity index (χ2n) is 10.4. The third kappa shape index (κ3) is 5.50. The van der Waals surface area contributed by atoms with Gasteiger partial charge in [-0.15, -0.1) is 22.7 Å². The molecule has 0 atom stereocenters. The molecular weight excluding hydrogens is 542 g/mol. The zero-order valence-electron chi connectivity index (χ0n) is 23.4. The van der Waals surface area contributed by atoms with E-state index in [4.69, 9.17) is 33.9 Å². The van der Waals surface area contributed by atoms with Gasteiger partial charge >= 0.3 is 0 Å². The van der Waals surface area contributed by atoms with Gasteiger partial charge in [0.05, 0.1) is 16.3 Å². The molecule has 7 nitrogen and oxygen atoms in total. The SMILES string of the molecule is CCCCCCc1nc2c(-c3scc4c3OCCO4)cnc(-c3scc4c3OCCO4)c2nc1CCCCCC. The Balaban J connectivity index is 1.50. The van der Waals surface area contributed by atoms with Gasteiger partial charge in [0.1, 0.15) is 48.0 Å². The maximum Gasteiger partial charge on any atom is 0.181 e. The molecule has 0 bridgehead atoms. The van der Waals surface area contributed by atoms with E-state index in [0.29, 0.717) is 26.4 Å². The lowest BCUT2D eigenvalue weighted by Gasteiger charge is -2.18. The highest BCUT2D eigenvalue weighted by molar-refractivity contribution is 7.14. The number of fused-ring (bicyclic) bond motifs is 3. The van der Waals surface area contributed by atoms with E-state index in [1.54, 1.807) is 22.7 Å². The van der Waals surface area contributed by atoms with Crippen molar-refractivity contribution in [3.05, 3.63) is 28.3 Å². The number of aromatic nitrogens is 3. The van der Waals surface area contributed by atoms with Crippen molar-refractivity contribution in [3.63, 3.8) is 0 Å². The Kier molecular flexibility index (Phi) is 8.68. The number of thiophene rings is 2. The van der Waals surface area contributed by atoms with Crippen LogP contribution in [0.1, 0.15) is 76.6 Å². The number of hydrogen-bond donors (Lipinski definition) is 0. The van der Waals surface area contributed by atoms with Crippen LogP contribution in [0.5, 0.6) is 23.0 Å². The molecule has 212 valence electrons. The van der Waals surface area contributed by atoms with E-state index >= 15 is 0 Å². The molecule has 6 rings (SSSR count). The molecule has 0 unspecified atom stereocenters. The Bertz CT molecular complexity index is 1360. The fraction of sp³-hybridized carbons (Fsp3) is 0.516. The highest BCUT2D eigenvalue weighted by Gasteiger charge is 2.27. The number of nitrogens with zero attached hydrogens (tertiary/aromatic N) is 3. The molecule has 4 aromatic rings. The molecule has 40 heavy (non-hydrogen) atoms. The Morgan fingerprint density at radius 3 is 1.82 bits per heavy atom. The normalized spacial score (nSPS) is 14.2. The fourth-order valence-electron chi connectivity index (χ4n) is 5.36. The molecule has 0 aliphatic carbocycles. The summed E-state index contributed by atoms with van der Waals surface area (Å²) in [6.07, 6.45) is 13.4. The maximum atomic E-state index is 6.07. The fourth-order valence-corrected chi connectivity index (χ4v) is 7.23. The third-order valence-electron chi connectivity index (χ3n) is 7.45. The molecule has 0 saturated heterocycles. The molecule has 0 fully saturated rings. The van der Waals surface area contributed by atoms with E-state index in [0.717, 1.165) is 92.1 Å². The summed E-state index contributed by atoms with van der Waals surface area (Å²) in [6, 6.07) is 0. The first-order valence-electron chi connectivity index (χ1n) is 14.7. The van der Waals surface area contributed by atoms with E-state index < -0.39 is 0 Å². The van der Waals surface area contributed by atoms with Crippen molar-refractivity contribution >= 4 is 33.7 Å². The van der Waals surface area contributed by atoms with Crippen molar-refractivity contribution in [2.24, 2.45) is 0 Å². The van der Waals surface area contributed by atoms with Gasteiger partial charge in [-0.05, 0) is 25.7 Å². The largest absolute Gasteiger partial charge is 0.485 e. The number of unbranched alkanes of at least 4 members (excludes halogenated alkanes) is 6. The lowest BCUT2D eigenvalue weighted by molar-refractivity contribution is 0.174. The zero-order valence-corrected chi connectivity index (χ0v) is 25.1. The topological polar surface area (TPSA) is 75.6 Å². The number of aryl methyl sites for hydroxylation is 2. The van der Waals surface area contributed by atoms with Crippen molar-refractivity contribution in [2.75, 3.05) is 26.4 Å². The summed E-state index contributed by atoms with van der Waals surface area (Å²) in [5, 5.41) is 4.03. The van der Waals surface area contributed by atoms with Crippen LogP contribution in [-0.2, 0) is 12.8 Å². The van der Waals surface area contributed by atoms with Crippen LogP contribution in [0, 0.1) is 0 Å². The molecule has 2 aliphatic heterocycles. The Morgan fingerprint density at radius 2 is 1.20 bits per heavy atom. The molecule has 0 aromatic carbocycles. The smallest absolute Gasteiger partial charge is 0.181 e. The van der Waals surface area contributed by atoms with Crippen LogP contribution in [-0.4, -0.2) is 41.4 Å². The maximum absolute atomic E-state index is 6.07. The van der Waals surface area contributed by atoms with Crippen LogP contribution >= 0.6 is 22.7 Å². The lowest BCUT2D eigenvalue weighted by atomic mass is 10.0. The van der Waals surface area contributed by atoms with Crippen LogP contribution in [0.15, 0.2) is 17.0 Å². The zero-order chi connectivity index (χ0) is 27.3. The molecule has 0 radical (unpaired) electrons. The van der Waals surface area contributed by atoms with E-state index in [9.17, 15) is 0 Å². The first-order chi connectivity index (χ1) is 19.8.